The minimum atomic E-state index is -1.29. The van der Waals surface area contributed by atoms with E-state index in [1.807, 2.05) is 0 Å². The summed E-state index contributed by atoms with van der Waals surface area (Å²) < 4.78 is 0. The van der Waals surface area contributed by atoms with Crippen LogP contribution in [0.4, 0.5) is 0 Å². The molecule has 12 nitrogen and oxygen atoms in total. The summed E-state index contributed by atoms with van der Waals surface area (Å²) in [5.41, 5.74) is 2.04. The summed E-state index contributed by atoms with van der Waals surface area (Å²) in [5, 5.41) is 37.2. The molecule has 2 unspecified atom stereocenters. The second kappa shape index (κ2) is 16.9. The Hall–Kier alpha value is -5.52. The maximum absolute atomic E-state index is 13.6. The van der Waals surface area contributed by atoms with E-state index in [2.05, 4.69) is 16.0 Å². The summed E-state index contributed by atoms with van der Waals surface area (Å²) in [4.78, 5) is 76.9. The van der Waals surface area contributed by atoms with Crippen LogP contribution >= 0.6 is 0 Å². The van der Waals surface area contributed by atoms with Crippen molar-refractivity contribution in [2.75, 3.05) is 0 Å². The molecule has 3 amide bonds. The van der Waals surface area contributed by atoms with Crippen molar-refractivity contribution < 1.29 is 44.1 Å². The Kier molecular flexibility index (Phi) is 12.4. The molecule has 3 aromatic carbocycles. The molecule has 5 atom stereocenters. The van der Waals surface area contributed by atoms with E-state index in [1.54, 1.807) is 91.0 Å². The molecule has 0 saturated heterocycles. The summed E-state index contributed by atoms with van der Waals surface area (Å²) in [6.07, 6.45) is -0.193. The van der Waals surface area contributed by atoms with E-state index in [0.29, 0.717) is 16.7 Å². The Bertz CT molecular complexity index is 1390. The number of carbonyl (C=O) groups is 6. The molecule has 0 bridgehead atoms. The molecule has 0 aliphatic heterocycles. The molecule has 0 radical (unpaired) electrons. The fourth-order valence-corrected chi connectivity index (χ4v) is 5.98. The van der Waals surface area contributed by atoms with Crippen molar-refractivity contribution in [3.8, 4) is 0 Å². The smallest absolute Gasteiger partial charge is 0.326 e. The van der Waals surface area contributed by atoms with Gasteiger partial charge in [-0.2, -0.15) is 0 Å². The van der Waals surface area contributed by atoms with Gasteiger partial charge >= 0.3 is 17.9 Å². The van der Waals surface area contributed by atoms with Crippen molar-refractivity contribution in [3.05, 3.63) is 108 Å². The highest BCUT2D eigenvalue weighted by atomic mass is 16.4. The van der Waals surface area contributed by atoms with Crippen LogP contribution in [0.3, 0.4) is 0 Å². The molecular weight excluding hydrogens is 618 g/mol. The maximum atomic E-state index is 13.6. The number of benzene rings is 3. The van der Waals surface area contributed by atoms with Gasteiger partial charge in [0, 0.05) is 37.0 Å². The van der Waals surface area contributed by atoms with Crippen LogP contribution in [0.2, 0.25) is 0 Å². The molecule has 1 saturated carbocycles. The van der Waals surface area contributed by atoms with Crippen LogP contribution in [0.1, 0.15) is 36.0 Å². The van der Waals surface area contributed by atoms with Crippen LogP contribution in [0.25, 0.3) is 0 Å². The van der Waals surface area contributed by atoms with Crippen LogP contribution < -0.4 is 16.0 Å². The van der Waals surface area contributed by atoms with Crippen molar-refractivity contribution in [2.45, 2.75) is 56.7 Å². The third-order valence-electron chi connectivity index (χ3n) is 8.51. The molecule has 0 aromatic heterocycles. The first-order valence-corrected chi connectivity index (χ1v) is 15.7. The number of rotatable bonds is 15. The van der Waals surface area contributed by atoms with Gasteiger partial charge in [-0.3, -0.25) is 14.4 Å². The molecule has 48 heavy (non-hydrogen) atoms. The van der Waals surface area contributed by atoms with Gasteiger partial charge in [0.25, 0.3) is 0 Å². The molecular formula is C36H39N3O9. The summed E-state index contributed by atoms with van der Waals surface area (Å²) >= 11 is 0. The average molecular weight is 658 g/mol. The molecule has 12 heteroatoms. The van der Waals surface area contributed by atoms with Crippen LogP contribution in [0.5, 0.6) is 0 Å². The number of amides is 3. The zero-order valence-electron chi connectivity index (χ0n) is 26.2. The van der Waals surface area contributed by atoms with E-state index < -0.39 is 71.5 Å². The molecule has 1 aliphatic carbocycles. The van der Waals surface area contributed by atoms with Gasteiger partial charge in [0.1, 0.15) is 18.1 Å². The number of nitrogens with one attached hydrogen (secondary N) is 3. The minimum Gasteiger partial charge on any atom is -0.480 e. The van der Waals surface area contributed by atoms with Gasteiger partial charge in [-0.15, -0.1) is 0 Å². The number of hydrogen-bond acceptors (Lipinski definition) is 6. The second-order valence-electron chi connectivity index (χ2n) is 12.1. The van der Waals surface area contributed by atoms with Crippen LogP contribution in [-0.4, -0.2) is 69.1 Å². The normalized spacial score (nSPS) is 19.1. The van der Waals surface area contributed by atoms with E-state index in [4.69, 9.17) is 0 Å². The Balaban J connectivity index is 1.53. The first-order valence-electron chi connectivity index (χ1n) is 15.7. The first kappa shape index (κ1) is 35.3. The van der Waals surface area contributed by atoms with Gasteiger partial charge < -0.3 is 31.3 Å². The molecule has 0 heterocycles. The Labute approximate surface area is 277 Å². The number of carbonyl (C=O) groups excluding carboxylic acids is 3. The largest absolute Gasteiger partial charge is 0.480 e. The lowest BCUT2D eigenvalue weighted by molar-refractivity contribution is -0.146. The Morgan fingerprint density at radius 3 is 0.896 bits per heavy atom. The van der Waals surface area contributed by atoms with Gasteiger partial charge in [0.15, 0.2) is 0 Å². The van der Waals surface area contributed by atoms with Gasteiger partial charge in [0.2, 0.25) is 17.7 Å². The lowest BCUT2D eigenvalue weighted by atomic mass is 9.73. The highest BCUT2D eigenvalue weighted by molar-refractivity contribution is 5.90. The summed E-state index contributed by atoms with van der Waals surface area (Å²) in [6.45, 7) is 0. The fourth-order valence-electron chi connectivity index (χ4n) is 5.98. The summed E-state index contributed by atoms with van der Waals surface area (Å²) in [6, 6.07) is 22.3. The lowest BCUT2D eigenvalue weighted by Gasteiger charge is -2.34. The van der Waals surface area contributed by atoms with Crippen LogP contribution in [0.15, 0.2) is 91.0 Å². The quantitative estimate of drug-likeness (QED) is 0.142. The predicted molar refractivity (Wildman–Crippen MR) is 173 cm³/mol. The molecule has 4 rings (SSSR count). The number of hydrogen-bond donors (Lipinski definition) is 6. The van der Waals surface area contributed by atoms with E-state index in [9.17, 15) is 44.1 Å². The molecule has 1 aliphatic rings. The zero-order valence-corrected chi connectivity index (χ0v) is 26.2. The Morgan fingerprint density at radius 1 is 0.458 bits per heavy atom. The van der Waals surface area contributed by atoms with Crippen LogP contribution in [-0.2, 0) is 48.0 Å². The number of aliphatic carboxylic acids is 3. The molecule has 6 N–H and O–H groups in total. The average Bonchev–Trinajstić information content (AvgIpc) is 3.08. The molecule has 252 valence electrons. The topological polar surface area (TPSA) is 199 Å². The SMILES string of the molecule is O=C(N[C@@H](Cc1ccccc1)C(=O)O)C1CC(C(=O)N[C@H](Cc2ccccc2)C(=O)O)CC(C(=O)N[C@H](Cc2ccccc2)C(=O)O)C1. The monoisotopic (exact) mass is 657 g/mol. The van der Waals surface area contributed by atoms with Gasteiger partial charge in [-0.05, 0) is 36.0 Å². The van der Waals surface area contributed by atoms with Gasteiger partial charge in [-0.1, -0.05) is 91.0 Å². The van der Waals surface area contributed by atoms with Gasteiger partial charge in [0.05, 0.1) is 0 Å². The highest BCUT2D eigenvalue weighted by Gasteiger charge is 2.41. The van der Waals surface area contributed by atoms with E-state index in [0.717, 1.165) is 0 Å². The fraction of sp³-hybridized carbons (Fsp3) is 0.333. The predicted octanol–water partition coefficient (Wildman–Crippen LogP) is 2.46. The lowest BCUT2D eigenvalue weighted by Crippen LogP contribution is -2.52. The standard InChI is InChI=1S/C36H39N3O9/c40-31(37-28(34(43)44)16-22-10-4-1-5-11-22)25-19-26(32(41)38-29(35(45)46)17-23-12-6-2-7-13-23)21-27(20-25)33(42)39-30(36(47)48)18-24-14-8-3-9-15-24/h1-15,25-30H,16-21H2,(H,37,40)(H,38,41)(H,39,42)(H,43,44)(H,45,46)(H,47,48)/t25?,26?,27?,28-,29-,30+/m1/s1. The highest BCUT2D eigenvalue weighted by Crippen LogP contribution is 2.34. The van der Waals surface area contributed by atoms with E-state index in [1.165, 1.54) is 0 Å². The second-order valence-corrected chi connectivity index (χ2v) is 12.1. The Morgan fingerprint density at radius 2 is 0.688 bits per heavy atom. The van der Waals surface area contributed by atoms with Crippen molar-refractivity contribution in [3.63, 3.8) is 0 Å². The van der Waals surface area contributed by atoms with E-state index >= 15 is 0 Å². The molecule has 3 aromatic rings. The number of carboxylic acids is 3. The van der Waals surface area contributed by atoms with Crippen molar-refractivity contribution >= 4 is 35.6 Å². The molecule has 1 fully saturated rings. The summed E-state index contributed by atoms with van der Waals surface area (Å²) in [7, 11) is 0. The maximum Gasteiger partial charge on any atom is 0.326 e. The first-order chi connectivity index (χ1) is 23.0. The van der Waals surface area contributed by atoms with Crippen LogP contribution in [0, 0.1) is 17.8 Å². The van der Waals surface area contributed by atoms with Gasteiger partial charge in [-0.25, -0.2) is 14.4 Å². The van der Waals surface area contributed by atoms with Crippen molar-refractivity contribution in [2.24, 2.45) is 17.8 Å². The van der Waals surface area contributed by atoms with Crippen molar-refractivity contribution in [1.29, 1.82) is 0 Å². The summed E-state index contributed by atoms with van der Waals surface area (Å²) in [5.74, 6) is -8.77. The third-order valence-corrected chi connectivity index (χ3v) is 8.51. The number of carboxylic acid groups (broad SMARTS) is 3. The van der Waals surface area contributed by atoms with Crippen molar-refractivity contribution in [1.82, 2.24) is 16.0 Å². The zero-order chi connectivity index (χ0) is 34.6. The van der Waals surface area contributed by atoms with E-state index in [-0.39, 0.29) is 38.5 Å². The third kappa shape index (κ3) is 10.2. The molecule has 0 spiro atoms. The minimum absolute atomic E-state index is 0.00200.